The highest BCUT2D eigenvalue weighted by molar-refractivity contribution is 6.26. The molecule has 1 aromatic rings. The van der Waals surface area contributed by atoms with Crippen LogP contribution < -0.4 is 4.90 Å². The number of halogens is 1. The first kappa shape index (κ1) is 13.8. The molecule has 0 aliphatic carbocycles. The molecule has 17 heavy (non-hydrogen) atoms. The van der Waals surface area contributed by atoms with Gasteiger partial charge in [-0.25, -0.2) is 0 Å². The Hall–Kier alpha value is -1.22. The molecule has 0 heterocycles. The highest BCUT2D eigenvalue weighted by Crippen LogP contribution is 2.18. The second-order valence-corrected chi connectivity index (χ2v) is 4.12. The molecule has 0 saturated heterocycles. The lowest BCUT2D eigenvalue weighted by Gasteiger charge is -2.29. The number of carbonyl (C=O) groups excluding carboxylic acids is 1. The molecule has 94 valence electrons. The zero-order chi connectivity index (χ0) is 12.8. The molecule has 4 heteroatoms. The minimum absolute atomic E-state index is 0.115. The lowest BCUT2D eigenvalue weighted by Crippen LogP contribution is -2.36. The van der Waals surface area contributed by atoms with Crippen molar-refractivity contribution < 1.29 is 9.53 Å². The van der Waals surface area contributed by atoms with Crippen LogP contribution in [0.4, 0.5) is 5.69 Å². The van der Waals surface area contributed by atoms with Crippen LogP contribution in [-0.2, 0) is 9.53 Å². The van der Waals surface area contributed by atoms with Gasteiger partial charge < -0.3 is 9.64 Å². The summed E-state index contributed by atoms with van der Waals surface area (Å²) in [7, 11) is 0. The molecule has 1 aromatic carbocycles. The summed E-state index contributed by atoms with van der Waals surface area (Å²) in [6.45, 7) is 6.66. The van der Waals surface area contributed by atoms with Crippen molar-refractivity contribution in [1.29, 1.82) is 0 Å². The fourth-order valence-electron chi connectivity index (χ4n) is 1.74. The van der Waals surface area contributed by atoms with E-state index in [1.807, 2.05) is 43.9 Å². The Balaban J connectivity index is 2.80. The molecule has 0 radical (unpaired) electrons. The Morgan fingerprint density at radius 3 is 2.76 bits per heavy atom. The summed E-state index contributed by atoms with van der Waals surface area (Å²) in [6, 6.07) is 8.09. The van der Waals surface area contributed by atoms with E-state index in [4.69, 9.17) is 16.3 Å². The molecule has 0 aromatic heterocycles. The average molecular weight is 256 g/mol. The van der Waals surface area contributed by atoms with Crippen LogP contribution in [0.3, 0.4) is 0 Å². The quantitative estimate of drug-likeness (QED) is 0.460. The Labute approximate surface area is 107 Å². The molecule has 3 nitrogen and oxygen atoms in total. The highest BCUT2D eigenvalue weighted by Gasteiger charge is 2.16. The number of ether oxygens (including phenoxy) is 1. The van der Waals surface area contributed by atoms with Gasteiger partial charge in [0.15, 0.2) is 6.23 Å². The van der Waals surface area contributed by atoms with Gasteiger partial charge in [0, 0.05) is 12.2 Å². The van der Waals surface area contributed by atoms with Gasteiger partial charge in [-0.1, -0.05) is 12.1 Å². The Kier molecular flexibility index (Phi) is 5.29. The normalized spacial score (nSPS) is 12.0. The second kappa shape index (κ2) is 6.50. The minimum Gasteiger partial charge on any atom is -0.441 e. The number of esters is 1. The van der Waals surface area contributed by atoms with Crippen molar-refractivity contribution in [3.63, 3.8) is 0 Å². The minimum atomic E-state index is -0.398. The highest BCUT2D eigenvalue weighted by atomic mass is 35.5. The molecule has 0 aliphatic rings. The van der Waals surface area contributed by atoms with Crippen molar-refractivity contribution >= 4 is 23.3 Å². The van der Waals surface area contributed by atoms with Crippen LogP contribution in [0.15, 0.2) is 24.3 Å². The van der Waals surface area contributed by atoms with Gasteiger partial charge in [-0.15, -0.1) is 11.6 Å². The predicted molar refractivity (Wildman–Crippen MR) is 70.5 cm³/mol. The van der Waals surface area contributed by atoms with Gasteiger partial charge in [0.05, 0.1) is 0 Å². The zero-order valence-corrected chi connectivity index (χ0v) is 11.2. The van der Waals surface area contributed by atoms with Crippen molar-refractivity contribution in [2.75, 3.05) is 17.3 Å². The SMILES string of the molecule is CCN(c1cccc(C)c1)C(C)OC(=O)CCl. The van der Waals surface area contributed by atoms with E-state index in [2.05, 4.69) is 6.07 Å². The lowest BCUT2D eigenvalue weighted by molar-refractivity contribution is -0.145. The number of carbonyl (C=O) groups is 1. The standard InChI is InChI=1S/C13H18ClNO2/c1-4-15(11(3)17-13(16)9-14)12-7-5-6-10(2)8-12/h5-8,11H,4,9H2,1-3H3. The Morgan fingerprint density at radius 1 is 1.53 bits per heavy atom. The molecule has 0 amide bonds. The molecule has 0 saturated carbocycles. The average Bonchev–Trinajstić information content (AvgIpc) is 2.30. The van der Waals surface area contributed by atoms with Crippen LogP contribution >= 0.6 is 11.6 Å². The Bertz CT molecular complexity index is 381. The lowest BCUT2D eigenvalue weighted by atomic mass is 10.2. The van der Waals surface area contributed by atoms with E-state index >= 15 is 0 Å². The summed E-state index contributed by atoms with van der Waals surface area (Å²) in [4.78, 5) is 13.2. The van der Waals surface area contributed by atoms with E-state index in [9.17, 15) is 4.79 Å². The molecule has 0 N–H and O–H groups in total. The van der Waals surface area contributed by atoms with Crippen LogP contribution in [-0.4, -0.2) is 24.6 Å². The van der Waals surface area contributed by atoms with E-state index in [-0.39, 0.29) is 12.1 Å². The third kappa shape index (κ3) is 3.93. The van der Waals surface area contributed by atoms with Gasteiger partial charge >= 0.3 is 5.97 Å². The Morgan fingerprint density at radius 2 is 2.24 bits per heavy atom. The van der Waals surface area contributed by atoms with Crippen molar-refractivity contribution in [2.45, 2.75) is 27.0 Å². The summed E-state index contributed by atoms with van der Waals surface area (Å²) < 4.78 is 5.20. The number of benzene rings is 1. The smallest absolute Gasteiger partial charge is 0.322 e. The van der Waals surface area contributed by atoms with Crippen molar-refractivity contribution in [1.82, 2.24) is 0 Å². The van der Waals surface area contributed by atoms with Gasteiger partial charge in [0.25, 0.3) is 0 Å². The topological polar surface area (TPSA) is 29.5 Å². The molecule has 1 unspecified atom stereocenters. The van der Waals surface area contributed by atoms with Gasteiger partial charge in [-0.3, -0.25) is 4.79 Å². The zero-order valence-electron chi connectivity index (χ0n) is 10.4. The third-order valence-electron chi connectivity index (χ3n) is 2.52. The van der Waals surface area contributed by atoms with E-state index in [0.717, 1.165) is 12.2 Å². The van der Waals surface area contributed by atoms with E-state index in [1.54, 1.807) is 0 Å². The van der Waals surface area contributed by atoms with Crippen molar-refractivity contribution in [3.8, 4) is 0 Å². The van der Waals surface area contributed by atoms with Gasteiger partial charge in [0.2, 0.25) is 0 Å². The number of nitrogens with zero attached hydrogens (tertiary/aromatic N) is 1. The number of aryl methyl sites for hydroxylation is 1. The summed E-state index contributed by atoms with van der Waals surface area (Å²) >= 11 is 5.42. The molecule has 1 rings (SSSR count). The molecule has 0 bridgehead atoms. The maximum absolute atomic E-state index is 11.2. The first-order valence-electron chi connectivity index (χ1n) is 5.67. The fraction of sp³-hybridized carbons (Fsp3) is 0.462. The molecule has 0 spiro atoms. The van der Waals surface area contributed by atoms with Crippen LogP contribution in [0.25, 0.3) is 0 Å². The number of hydrogen-bond acceptors (Lipinski definition) is 3. The van der Waals surface area contributed by atoms with Gasteiger partial charge in [0.1, 0.15) is 5.88 Å². The summed E-state index contributed by atoms with van der Waals surface area (Å²) in [5.41, 5.74) is 2.22. The first-order chi connectivity index (χ1) is 8.08. The van der Waals surface area contributed by atoms with Crippen LogP contribution in [0.1, 0.15) is 19.4 Å². The molecule has 1 atom stereocenters. The van der Waals surface area contributed by atoms with E-state index < -0.39 is 5.97 Å². The maximum Gasteiger partial charge on any atom is 0.322 e. The van der Waals surface area contributed by atoms with Crippen molar-refractivity contribution in [2.24, 2.45) is 0 Å². The number of hydrogen-bond donors (Lipinski definition) is 0. The predicted octanol–water partition coefficient (Wildman–Crippen LogP) is 2.95. The van der Waals surface area contributed by atoms with Gasteiger partial charge in [-0.05, 0) is 38.5 Å². The molecule has 0 fully saturated rings. The number of alkyl halides is 1. The van der Waals surface area contributed by atoms with Crippen LogP contribution in [0.5, 0.6) is 0 Å². The van der Waals surface area contributed by atoms with E-state index in [0.29, 0.717) is 0 Å². The maximum atomic E-state index is 11.2. The second-order valence-electron chi connectivity index (χ2n) is 3.85. The largest absolute Gasteiger partial charge is 0.441 e. The summed E-state index contributed by atoms with van der Waals surface area (Å²) in [6.07, 6.45) is -0.312. The summed E-state index contributed by atoms with van der Waals surface area (Å²) in [5, 5.41) is 0. The number of rotatable bonds is 5. The molecular weight excluding hydrogens is 238 g/mol. The van der Waals surface area contributed by atoms with E-state index in [1.165, 1.54) is 5.56 Å². The van der Waals surface area contributed by atoms with Crippen molar-refractivity contribution in [3.05, 3.63) is 29.8 Å². The molecule has 0 aliphatic heterocycles. The fourth-order valence-corrected chi connectivity index (χ4v) is 1.80. The monoisotopic (exact) mass is 255 g/mol. The first-order valence-corrected chi connectivity index (χ1v) is 6.20. The molecular formula is C13H18ClNO2. The van der Waals surface area contributed by atoms with Crippen LogP contribution in [0.2, 0.25) is 0 Å². The van der Waals surface area contributed by atoms with Gasteiger partial charge in [-0.2, -0.15) is 0 Å². The third-order valence-corrected chi connectivity index (χ3v) is 2.74. The summed E-state index contributed by atoms with van der Waals surface area (Å²) in [5.74, 6) is -0.513. The van der Waals surface area contributed by atoms with Crippen LogP contribution in [0, 0.1) is 6.92 Å². The number of anilines is 1.